The molecule has 0 N–H and O–H groups in total. The summed E-state index contributed by atoms with van der Waals surface area (Å²) in [6.45, 7) is 3.40. The van der Waals surface area contributed by atoms with E-state index in [1.54, 1.807) is 19.5 Å². The zero-order chi connectivity index (χ0) is 20.8. The number of pyridine rings is 1. The molecule has 2 aromatic rings. The fraction of sp³-hybridized carbons (Fsp3) is 0.636. The molecule has 4 heterocycles. The second-order valence-electron chi connectivity index (χ2n) is 8.32. The van der Waals surface area contributed by atoms with Crippen molar-refractivity contribution in [2.45, 2.75) is 49.9 Å². The molecule has 0 saturated carbocycles. The first-order chi connectivity index (χ1) is 14.7. The van der Waals surface area contributed by atoms with E-state index in [0.29, 0.717) is 31.3 Å². The largest absolute Gasteiger partial charge is 0.385 e. The molecule has 0 bridgehead atoms. The number of nitrogens with zero attached hydrogens (tertiary/aromatic N) is 4. The summed E-state index contributed by atoms with van der Waals surface area (Å²) in [5.74, 6) is 1.79. The van der Waals surface area contributed by atoms with Gasteiger partial charge in [0.25, 0.3) is 0 Å². The van der Waals surface area contributed by atoms with E-state index < -0.39 is 0 Å². The Morgan fingerprint density at radius 1 is 1.30 bits per heavy atom. The van der Waals surface area contributed by atoms with Crippen LogP contribution in [0, 0.1) is 0 Å². The van der Waals surface area contributed by atoms with Crippen molar-refractivity contribution in [1.29, 1.82) is 0 Å². The highest BCUT2D eigenvalue weighted by Gasteiger charge is 2.42. The lowest BCUT2D eigenvalue weighted by Gasteiger charge is -2.41. The van der Waals surface area contributed by atoms with Crippen LogP contribution in [0.5, 0.6) is 0 Å². The van der Waals surface area contributed by atoms with Gasteiger partial charge in [0.2, 0.25) is 11.8 Å². The zero-order valence-corrected chi connectivity index (χ0v) is 17.6. The number of piperidine rings is 1. The Morgan fingerprint density at radius 3 is 2.87 bits per heavy atom. The number of amides is 1. The average molecular weight is 415 g/mol. The molecular formula is C22H30N4O4. The van der Waals surface area contributed by atoms with E-state index in [-0.39, 0.29) is 17.2 Å². The topological polar surface area (TPSA) is 90.6 Å². The van der Waals surface area contributed by atoms with Gasteiger partial charge in [0.05, 0.1) is 11.8 Å². The van der Waals surface area contributed by atoms with Crippen molar-refractivity contribution < 1.29 is 18.8 Å². The Bertz CT molecular complexity index is 822. The number of ether oxygens (including phenoxy) is 2. The van der Waals surface area contributed by atoms with E-state index in [4.69, 9.17) is 19.0 Å². The molecule has 1 amide bonds. The SMILES string of the molecule is COCCC1(c2noc(C3CCOCC3)n2)CCCN(C(=O)Cc2ccncc2)C1. The van der Waals surface area contributed by atoms with Gasteiger partial charge in [-0.05, 0) is 49.8 Å². The van der Waals surface area contributed by atoms with Crippen molar-refractivity contribution in [3.8, 4) is 0 Å². The highest BCUT2D eigenvalue weighted by Crippen LogP contribution is 2.37. The summed E-state index contributed by atoms with van der Waals surface area (Å²) in [4.78, 5) is 23.8. The number of methoxy groups -OCH3 is 1. The van der Waals surface area contributed by atoms with Crippen molar-refractivity contribution in [3.63, 3.8) is 0 Å². The summed E-state index contributed by atoms with van der Waals surface area (Å²) in [7, 11) is 1.70. The molecule has 2 fully saturated rings. The van der Waals surface area contributed by atoms with Crippen LogP contribution in [-0.4, -0.2) is 66.0 Å². The molecule has 4 rings (SSSR count). The van der Waals surface area contributed by atoms with Crippen LogP contribution in [0.15, 0.2) is 29.0 Å². The van der Waals surface area contributed by atoms with E-state index >= 15 is 0 Å². The van der Waals surface area contributed by atoms with Gasteiger partial charge in [0.1, 0.15) is 0 Å². The van der Waals surface area contributed by atoms with Crippen molar-refractivity contribution in [3.05, 3.63) is 41.8 Å². The molecule has 30 heavy (non-hydrogen) atoms. The monoisotopic (exact) mass is 414 g/mol. The standard InChI is InChI=1S/C22H30N4O4/c1-28-14-8-22(21-24-20(30-25-21)18-5-12-29-13-6-18)7-2-11-26(16-22)19(27)15-17-3-9-23-10-4-17/h3-4,9-10,18H,2,5-8,11-16H2,1H3. The maximum atomic E-state index is 13.0. The fourth-order valence-corrected chi connectivity index (χ4v) is 4.49. The molecule has 2 saturated heterocycles. The summed E-state index contributed by atoms with van der Waals surface area (Å²) in [5.41, 5.74) is 0.638. The van der Waals surface area contributed by atoms with Gasteiger partial charge in [-0.1, -0.05) is 5.16 Å². The van der Waals surface area contributed by atoms with Crippen LogP contribution in [0.25, 0.3) is 0 Å². The van der Waals surface area contributed by atoms with E-state index in [9.17, 15) is 4.79 Å². The average Bonchev–Trinajstić information content (AvgIpc) is 3.30. The number of carbonyl (C=O) groups excluding carboxylic acids is 1. The Hall–Kier alpha value is -2.32. The van der Waals surface area contributed by atoms with Crippen LogP contribution >= 0.6 is 0 Å². The second kappa shape index (κ2) is 9.66. The van der Waals surface area contributed by atoms with Crippen molar-refractivity contribution in [2.75, 3.05) is 40.0 Å². The molecule has 1 atom stereocenters. The molecule has 0 spiro atoms. The van der Waals surface area contributed by atoms with Gasteiger partial charge in [0, 0.05) is 58.3 Å². The predicted octanol–water partition coefficient (Wildman–Crippen LogP) is 2.50. The molecule has 0 aliphatic carbocycles. The van der Waals surface area contributed by atoms with Gasteiger partial charge >= 0.3 is 0 Å². The van der Waals surface area contributed by atoms with Gasteiger partial charge in [-0.2, -0.15) is 4.98 Å². The summed E-state index contributed by atoms with van der Waals surface area (Å²) in [6, 6.07) is 3.78. The fourth-order valence-electron chi connectivity index (χ4n) is 4.49. The van der Waals surface area contributed by atoms with Crippen LogP contribution in [-0.2, 0) is 26.1 Å². The van der Waals surface area contributed by atoms with Crippen molar-refractivity contribution in [2.24, 2.45) is 0 Å². The molecule has 1 unspecified atom stereocenters. The summed E-state index contributed by atoms with van der Waals surface area (Å²) in [5, 5.41) is 4.39. The predicted molar refractivity (Wildman–Crippen MR) is 109 cm³/mol. The zero-order valence-electron chi connectivity index (χ0n) is 17.6. The molecular weight excluding hydrogens is 384 g/mol. The lowest BCUT2D eigenvalue weighted by atomic mass is 9.76. The van der Waals surface area contributed by atoms with Gasteiger partial charge in [0.15, 0.2) is 5.82 Å². The first-order valence-corrected chi connectivity index (χ1v) is 10.8. The maximum absolute atomic E-state index is 13.0. The Morgan fingerprint density at radius 2 is 2.10 bits per heavy atom. The third-order valence-corrected chi connectivity index (χ3v) is 6.31. The molecule has 2 aliphatic rings. The van der Waals surface area contributed by atoms with Gasteiger partial charge in [-0.25, -0.2) is 0 Å². The molecule has 8 nitrogen and oxygen atoms in total. The van der Waals surface area contributed by atoms with Crippen molar-refractivity contribution in [1.82, 2.24) is 20.0 Å². The van der Waals surface area contributed by atoms with Crippen LogP contribution in [0.4, 0.5) is 0 Å². The van der Waals surface area contributed by atoms with Gasteiger partial charge in [-0.3, -0.25) is 9.78 Å². The quantitative estimate of drug-likeness (QED) is 0.687. The molecule has 2 aromatic heterocycles. The van der Waals surface area contributed by atoms with Crippen LogP contribution in [0.2, 0.25) is 0 Å². The minimum absolute atomic E-state index is 0.121. The molecule has 8 heteroatoms. The number of aromatic nitrogens is 3. The third-order valence-electron chi connectivity index (χ3n) is 6.31. The summed E-state index contributed by atoms with van der Waals surface area (Å²) < 4.78 is 16.5. The minimum atomic E-state index is -0.338. The lowest BCUT2D eigenvalue weighted by molar-refractivity contribution is -0.133. The summed E-state index contributed by atoms with van der Waals surface area (Å²) >= 11 is 0. The lowest BCUT2D eigenvalue weighted by Crippen LogP contribution is -2.50. The highest BCUT2D eigenvalue weighted by atomic mass is 16.5. The third kappa shape index (κ3) is 4.70. The molecule has 0 radical (unpaired) electrons. The smallest absolute Gasteiger partial charge is 0.229 e. The Balaban J connectivity index is 1.52. The Kier molecular flexibility index (Phi) is 6.74. The molecule has 2 aliphatic heterocycles. The number of hydrogen-bond donors (Lipinski definition) is 0. The van der Waals surface area contributed by atoms with E-state index in [0.717, 1.165) is 57.4 Å². The van der Waals surface area contributed by atoms with Crippen molar-refractivity contribution >= 4 is 5.91 Å². The summed E-state index contributed by atoms with van der Waals surface area (Å²) in [6.07, 6.45) is 8.22. The number of likely N-dealkylation sites (tertiary alicyclic amines) is 1. The van der Waals surface area contributed by atoms with Gasteiger partial charge in [-0.15, -0.1) is 0 Å². The number of rotatable bonds is 7. The minimum Gasteiger partial charge on any atom is -0.385 e. The van der Waals surface area contributed by atoms with E-state index in [1.165, 1.54) is 0 Å². The van der Waals surface area contributed by atoms with Crippen LogP contribution in [0.1, 0.15) is 55.3 Å². The second-order valence-corrected chi connectivity index (χ2v) is 8.32. The first kappa shape index (κ1) is 20.9. The van der Waals surface area contributed by atoms with Crippen LogP contribution in [0.3, 0.4) is 0 Å². The first-order valence-electron chi connectivity index (χ1n) is 10.8. The number of carbonyl (C=O) groups is 1. The van der Waals surface area contributed by atoms with E-state index in [1.807, 2.05) is 17.0 Å². The molecule has 162 valence electrons. The Labute approximate surface area is 177 Å². The highest BCUT2D eigenvalue weighted by molar-refractivity contribution is 5.79. The normalized spacial score (nSPS) is 22.9. The van der Waals surface area contributed by atoms with Crippen LogP contribution < -0.4 is 0 Å². The van der Waals surface area contributed by atoms with Gasteiger partial charge < -0.3 is 18.9 Å². The maximum Gasteiger partial charge on any atom is 0.229 e. The molecule has 0 aromatic carbocycles. The number of hydrogen-bond acceptors (Lipinski definition) is 7. The van der Waals surface area contributed by atoms with E-state index in [2.05, 4.69) is 10.1 Å².